The molecule has 1 aliphatic heterocycles. The Morgan fingerprint density at radius 3 is 2.35 bits per heavy atom. The number of aliphatic carboxylic acids is 2. The minimum atomic E-state index is -1.86. The Balaban J connectivity index is 2.77. The summed E-state index contributed by atoms with van der Waals surface area (Å²) in [6, 6.07) is -1.09. The van der Waals surface area contributed by atoms with Gasteiger partial charge in [0.1, 0.15) is 24.4 Å². The Bertz CT molecular complexity index is 361. The van der Waals surface area contributed by atoms with Crippen LogP contribution in [0.2, 0.25) is 0 Å². The van der Waals surface area contributed by atoms with Crippen molar-refractivity contribution < 1.29 is 50.3 Å². The summed E-state index contributed by atoms with van der Waals surface area (Å²) in [7, 11) is 0. The normalized spacial score (nSPS) is 35.5. The van der Waals surface area contributed by atoms with Crippen LogP contribution in [0.15, 0.2) is 0 Å². The summed E-state index contributed by atoms with van der Waals surface area (Å²) in [4.78, 5) is 21.2. The maximum absolute atomic E-state index is 10.7. The van der Waals surface area contributed by atoms with Gasteiger partial charge in [0.25, 0.3) is 0 Å². The molecular formula is C10H16NO9-. The minimum absolute atomic E-state index is 0.652. The molecule has 1 fully saturated rings. The largest absolute Gasteiger partial charge is 0.550 e. The van der Waals surface area contributed by atoms with E-state index in [1.807, 2.05) is 0 Å². The molecule has 1 saturated heterocycles. The van der Waals surface area contributed by atoms with Crippen molar-refractivity contribution in [2.75, 3.05) is 6.61 Å². The minimum Gasteiger partial charge on any atom is -0.550 e. The van der Waals surface area contributed by atoms with Crippen LogP contribution < -0.4 is 15.9 Å². The molecule has 6 atom stereocenters. The van der Waals surface area contributed by atoms with E-state index >= 15 is 0 Å². The van der Waals surface area contributed by atoms with E-state index in [0.29, 0.717) is 0 Å². The van der Waals surface area contributed by atoms with Crippen LogP contribution in [0, 0.1) is 0 Å². The van der Waals surface area contributed by atoms with E-state index in [2.05, 4.69) is 5.73 Å². The lowest BCUT2D eigenvalue weighted by Gasteiger charge is -2.39. The second kappa shape index (κ2) is 6.92. The van der Waals surface area contributed by atoms with Crippen molar-refractivity contribution in [1.82, 2.24) is 0 Å². The molecule has 0 amide bonds. The van der Waals surface area contributed by atoms with Gasteiger partial charge in [-0.25, -0.2) is 0 Å². The summed E-state index contributed by atoms with van der Waals surface area (Å²) >= 11 is 0. The molecular weight excluding hydrogens is 278 g/mol. The van der Waals surface area contributed by atoms with Crippen molar-refractivity contribution in [1.29, 1.82) is 0 Å². The highest BCUT2D eigenvalue weighted by Crippen LogP contribution is 2.21. The zero-order valence-corrected chi connectivity index (χ0v) is 10.4. The van der Waals surface area contributed by atoms with Crippen LogP contribution in [-0.2, 0) is 19.1 Å². The molecule has 0 unspecified atom stereocenters. The summed E-state index contributed by atoms with van der Waals surface area (Å²) in [5, 5.41) is 49.3. The third kappa shape index (κ3) is 3.85. The molecule has 0 radical (unpaired) electrons. The molecule has 0 aromatic carbocycles. The average molecular weight is 294 g/mol. The zero-order valence-electron chi connectivity index (χ0n) is 10.4. The first-order chi connectivity index (χ1) is 9.27. The third-order valence-corrected chi connectivity index (χ3v) is 2.92. The van der Waals surface area contributed by atoms with E-state index in [0.717, 1.165) is 0 Å². The van der Waals surface area contributed by atoms with Gasteiger partial charge in [-0.15, -0.1) is 0 Å². The number of rotatable bonds is 6. The second-order valence-electron chi connectivity index (χ2n) is 4.39. The van der Waals surface area contributed by atoms with E-state index in [1.54, 1.807) is 0 Å². The predicted molar refractivity (Wildman–Crippen MR) is 53.9 cm³/mol. The Morgan fingerprint density at radius 2 is 1.90 bits per heavy atom. The number of ether oxygens (including phenoxy) is 2. The van der Waals surface area contributed by atoms with Gasteiger partial charge in [-0.2, -0.15) is 0 Å². The first-order valence-corrected chi connectivity index (χ1v) is 5.79. The summed E-state index contributed by atoms with van der Waals surface area (Å²) in [5.41, 5.74) is 3.45. The topological polar surface area (TPSA) is 187 Å². The fourth-order valence-electron chi connectivity index (χ4n) is 1.77. The van der Waals surface area contributed by atoms with Gasteiger partial charge in [0.2, 0.25) is 6.29 Å². The van der Waals surface area contributed by atoms with Crippen molar-refractivity contribution in [3.8, 4) is 0 Å². The maximum Gasteiger partial charge on any atom is 0.214 e. The highest BCUT2D eigenvalue weighted by molar-refractivity contribution is 5.77. The van der Waals surface area contributed by atoms with Crippen molar-refractivity contribution in [3.05, 3.63) is 0 Å². The molecule has 20 heavy (non-hydrogen) atoms. The molecule has 1 rings (SSSR count). The van der Waals surface area contributed by atoms with E-state index in [4.69, 9.17) is 14.6 Å². The number of aliphatic hydroxyl groups excluding tert-OH is 3. The van der Waals surface area contributed by atoms with Crippen LogP contribution in [0.25, 0.3) is 0 Å². The molecule has 0 bridgehead atoms. The Hall–Kier alpha value is -1.30. The standard InChI is InChI=1S/C10H17NO9/c11-6-8(16)7(15)4(2-12)20-10(6)19-3(9(17)18)1-5(13)14/h3-4,6-8,10,12,15-16H,1-2,11H2,(H,13,14)(H,17,18)/p-1/t3-,4+,6+,7+,8+,10-/m0/s1. The van der Waals surface area contributed by atoms with E-state index in [9.17, 15) is 30.0 Å². The van der Waals surface area contributed by atoms with Gasteiger partial charge in [0, 0.05) is 12.4 Å². The molecule has 116 valence electrons. The number of hydrogen-bond donors (Lipinski definition) is 4. The Labute approximate surface area is 113 Å². The fourth-order valence-corrected chi connectivity index (χ4v) is 1.77. The molecule has 0 aromatic heterocycles. The molecule has 0 aliphatic carbocycles. The molecule has 1 heterocycles. The number of carboxylic acids is 2. The lowest BCUT2D eigenvalue weighted by molar-refractivity contribution is -0.504. The second-order valence-corrected chi connectivity index (χ2v) is 4.39. The number of hydrogen-bond acceptors (Lipinski definition) is 9. The predicted octanol–water partition coefficient (Wildman–Crippen LogP) is -6.69. The van der Waals surface area contributed by atoms with Gasteiger partial charge in [0.15, 0.2) is 6.04 Å². The highest BCUT2D eigenvalue weighted by Gasteiger charge is 2.46. The Kier molecular flexibility index (Phi) is 5.80. The van der Waals surface area contributed by atoms with Gasteiger partial charge in [-0.3, -0.25) is 0 Å². The summed E-state index contributed by atoms with van der Waals surface area (Å²) < 4.78 is 9.92. The van der Waals surface area contributed by atoms with Crippen LogP contribution >= 0.6 is 0 Å². The summed E-state index contributed by atoms with van der Waals surface area (Å²) in [6.45, 7) is -0.652. The lowest BCUT2D eigenvalue weighted by Crippen LogP contribution is -2.78. The van der Waals surface area contributed by atoms with Crippen LogP contribution in [0.1, 0.15) is 6.42 Å². The van der Waals surface area contributed by atoms with Crippen LogP contribution in [0.3, 0.4) is 0 Å². The van der Waals surface area contributed by atoms with Gasteiger partial charge in [-0.05, 0) is 0 Å². The number of carboxylic acid groups (broad SMARTS) is 2. The van der Waals surface area contributed by atoms with Crippen molar-refractivity contribution in [2.45, 2.75) is 43.2 Å². The first-order valence-electron chi connectivity index (χ1n) is 5.79. The molecule has 6 N–H and O–H groups in total. The van der Waals surface area contributed by atoms with E-state index < -0.39 is 61.7 Å². The summed E-state index contributed by atoms with van der Waals surface area (Å²) in [6.07, 6.45) is -8.33. The maximum atomic E-state index is 10.7. The van der Waals surface area contributed by atoms with Crippen molar-refractivity contribution >= 4 is 11.9 Å². The lowest BCUT2D eigenvalue weighted by atomic mass is 9.98. The summed E-state index contributed by atoms with van der Waals surface area (Å²) in [5.74, 6) is -3.47. The van der Waals surface area contributed by atoms with Gasteiger partial charge >= 0.3 is 0 Å². The van der Waals surface area contributed by atoms with Gasteiger partial charge < -0.3 is 50.3 Å². The smallest absolute Gasteiger partial charge is 0.214 e. The number of carbonyl (C=O) groups is 2. The highest BCUT2D eigenvalue weighted by atomic mass is 16.7. The van der Waals surface area contributed by atoms with E-state index in [-0.39, 0.29) is 0 Å². The fraction of sp³-hybridized carbons (Fsp3) is 0.800. The van der Waals surface area contributed by atoms with Crippen molar-refractivity contribution in [3.63, 3.8) is 0 Å². The molecule has 1 aliphatic rings. The van der Waals surface area contributed by atoms with Crippen molar-refractivity contribution in [2.24, 2.45) is 0 Å². The number of aliphatic hydroxyl groups is 3. The molecule has 10 heteroatoms. The van der Waals surface area contributed by atoms with Gasteiger partial charge in [-0.1, -0.05) is 0 Å². The monoisotopic (exact) mass is 294 g/mol. The molecule has 0 aromatic rings. The van der Waals surface area contributed by atoms with Crippen LogP contribution in [0.4, 0.5) is 0 Å². The third-order valence-electron chi connectivity index (χ3n) is 2.92. The number of carbonyl (C=O) groups excluding carboxylic acids is 2. The van der Waals surface area contributed by atoms with Crippen LogP contribution in [-0.4, -0.2) is 70.6 Å². The van der Waals surface area contributed by atoms with Gasteiger partial charge in [0.05, 0.1) is 12.6 Å². The Morgan fingerprint density at radius 1 is 1.30 bits per heavy atom. The molecule has 10 nitrogen and oxygen atoms in total. The average Bonchev–Trinajstić information content (AvgIpc) is 2.37. The van der Waals surface area contributed by atoms with E-state index in [1.165, 1.54) is 0 Å². The molecule has 0 spiro atoms. The zero-order chi connectivity index (χ0) is 15.4. The first kappa shape index (κ1) is 16.8. The quantitative estimate of drug-likeness (QED) is 0.369. The number of quaternary nitrogens is 1. The van der Waals surface area contributed by atoms with Crippen LogP contribution in [0.5, 0.6) is 0 Å². The molecule has 0 saturated carbocycles. The SMILES string of the molecule is [NH3+][C@H]1[C@@H](O[C@@H](CC(=O)[O-])C(=O)[O-])O[C@H](CO)[C@@H](O)[C@@H]1O.